The van der Waals surface area contributed by atoms with Gasteiger partial charge in [-0.25, -0.2) is 4.79 Å². The maximum atomic E-state index is 12.4. The molecule has 120 valence electrons. The second kappa shape index (κ2) is 5.27. The van der Waals surface area contributed by atoms with Crippen LogP contribution >= 0.6 is 0 Å². The fraction of sp³-hybridized carbons (Fsp3) is 0.611. The number of hydrogen-bond donors (Lipinski definition) is 1. The van der Waals surface area contributed by atoms with E-state index in [4.69, 9.17) is 10.5 Å². The molecule has 1 saturated carbocycles. The molecule has 0 saturated heterocycles. The number of amides is 1. The van der Waals surface area contributed by atoms with Gasteiger partial charge < -0.3 is 10.5 Å². The summed E-state index contributed by atoms with van der Waals surface area (Å²) in [6.07, 6.45) is 5.06. The van der Waals surface area contributed by atoms with Gasteiger partial charge in [-0.1, -0.05) is 25.0 Å². The Balaban J connectivity index is 1.91. The van der Waals surface area contributed by atoms with Gasteiger partial charge in [-0.3, -0.25) is 4.90 Å². The van der Waals surface area contributed by atoms with Crippen LogP contribution in [0.3, 0.4) is 0 Å². The molecule has 1 aliphatic carbocycles. The second-order valence-corrected chi connectivity index (χ2v) is 7.55. The van der Waals surface area contributed by atoms with Crippen molar-refractivity contribution in [1.82, 2.24) is 0 Å². The van der Waals surface area contributed by atoms with Crippen molar-refractivity contribution < 1.29 is 9.53 Å². The van der Waals surface area contributed by atoms with Crippen LogP contribution in [0, 0.1) is 0 Å². The Bertz CT molecular complexity index is 583. The topological polar surface area (TPSA) is 55.6 Å². The first-order valence-corrected chi connectivity index (χ1v) is 8.22. The largest absolute Gasteiger partial charge is 0.443 e. The first-order valence-electron chi connectivity index (χ1n) is 8.22. The van der Waals surface area contributed by atoms with Crippen molar-refractivity contribution in [2.24, 2.45) is 5.73 Å². The lowest BCUT2D eigenvalue weighted by Gasteiger charge is -2.28. The first kappa shape index (κ1) is 15.3. The molecular weight excluding hydrogens is 276 g/mol. The molecule has 0 bridgehead atoms. The zero-order valence-corrected chi connectivity index (χ0v) is 13.8. The number of nitrogens with two attached hydrogens (primary N) is 1. The number of carbonyl (C=O) groups excluding carboxylic acids is 1. The number of benzene rings is 1. The predicted molar refractivity (Wildman–Crippen MR) is 88.1 cm³/mol. The fourth-order valence-corrected chi connectivity index (χ4v) is 3.68. The number of rotatable bonds is 1. The molecule has 22 heavy (non-hydrogen) atoms. The third-order valence-electron chi connectivity index (χ3n) is 4.67. The van der Waals surface area contributed by atoms with E-state index >= 15 is 0 Å². The second-order valence-electron chi connectivity index (χ2n) is 7.55. The highest BCUT2D eigenvalue weighted by Gasteiger charge is 2.37. The van der Waals surface area contributed by atoms with Crippen molar-refractivity contribution in [3.8, 4) is 0 Å². The number of carbonyl (C=O) groups is 1. The monoisotopic (exact) mass is 302 g/mol. The van der Waals surface area contributed by atoms with E-state index in [1.54, 1.807) is 4.90 Å². The van der Waals surface area contributed by atoms with Crippen LogP contribution in [0.15, 0.2) is 18.2 Å². The van der Waals surface area contributed by atoms with Crippen LogP contribution in [0.4, 0.5) is 10.5 Å². The van der Waals surface area contributed by atoms with Gasteiger partial charge in [0.15, 0.2) is 0 Å². The van der Waals surface area contributed by atoms with Crippen LogP contribution in [0.25, 0.3) is 0 Å². The third kappa shape index (κ3) is 2.72. The molecule has 0 atom stereocenters. The molecule has 0 aromatic heterocycles. The van der Waals surface area contributed by atoms with Crippen molar-refractivity contribution in [2.75, 3.05) is 11.4 Å². The van der Waals surface area contributed by atoms with E-state index < -0.39 is 5.60 Å². The van der Waals surface area contributed by atoms with Gasteiger partial charge in [0, 0.05) is 12.1 Å². The summed E-state index contributed by atoms with van der Waals surface area (Å²) in [6, 6.07) is 6.17. The molecule has 1 amide bonds. The Morgan fingerprint density at radius 3 is 2.59 bits per heavy atom. The third-order valence-corrected chi connectivity index (χ3v) is 4.67. The smallest absolute Gasteiger partial charge is 0.414 e. The van der Waals surface area contributed by atoms with E-state index in [1.807, 2.05) is 32.9 Å². The van der Waals surface area contributed by atoms with Gasteiger partial charge in [-0.2, -0.15) is 0 Å². The fourth-order valence-electron chi connectivity index (χ4n) is 3.68. The number of anilines is 1. The van der Waals surface area contributed by atoms with Gasteiger partial charge in [0.1, 0.15) is 5.60 Å². The van der Waals surface area contributed by atoms with Crippen molar-refractivity contribution in [3.05, 3.63) is 29.3 Å². The summed E-state index contributed by atoms with van der Waals surface area (Å²) in [4.78, 5) is 14.2. The standard InChI is InChI=1S/C18H26N2O2/c1-17(2,3)22-16(21)20-12-9-13-14(7-6-8-15(13)20)18(19)10-4-5-11-18/h6-8H,4-5,9-12,19H2,1-3H3. The molecule has 2 N–H and O–H groups in total. The quantitative estimate of drug-likeness (QED) is 0.860. The highest BCUT2D eigenvalue weighted by molar-refractivity contribution is 5.91. The van der Waals surface area contributed by atoms with Crippen LogP contribution < -0.4 is 10.6 Å². The molecule has 0 unspecified atom stereocenters. The Labute approximate surface area is 132 Å². The van der Waals surface area contributed by atoms with Crippen LogP contribution in [0.1, 0.15) is 57.6 Å². The van der Waals surface area contributed by atoms with Gasteiger partial charge in [0.2, 0.25) is 0 Å². The molecule has 1 aliphatic heterocycles. The van der Waals surface area contributed by atoms with Gasteiger partial charge in [-0.05, 0) is 57.2 Å². The molecule has 1 heterocycles. The van der Waals surface area contributed by atoms with E-state index in [1.165, 1.54) is 24.0 Å². The molecular formula is C18H26N2O2. The molecule has 0 spiro atoms. The lowest BCUT2D eigenvalue weighted by molar-refractivity contribution is 0.0584. The lowest BCUT2D eigenvalue weighted by Crippen LogP contribution is -2.36. The van der Waals surface area contributed by atoms with Crippen LogP contribution in [-0.4, -0.2) is 18.2 Å². The number of hydrogen-bond acceptors (Lipinski definition) is 3. The van der Waals surface area contributed by atoms with Crippen molar-refractivity contribution in [2.45, 2.75) is 64.0 Å². The summed E-state index contributed by atoms with van der Waals surface area (Å²) in [5.74, 6) is 0. The number of fused-ring (bicyclic) bond motifs is 1. The van der Waals surface area contributed by atoms with Crippen LogP contribution in [-0.2, 0) is 16.7 Å². The minimum absolute atomic E-state index is 0.213. The first-order chi connectivity index (χ1) is 10.3. The Morgan fingerprint density at radius 1 is 1.27 bits per heavy atom. The lowest BCUT2D eigenvalue weighted by atomic mass is 9.85. The van der Waals surface area contributed by atoms with E-state index in [0.717, 1.165) is 24.9 Å². The van der Waals surface area contributed by atoms with Gasteiger partial charge in [0.25, 0.3) is 0 Å². The van der Waals surface area contributed by atoms with E-state index in [-0.39, 0.29) is 11.6 Å². The zero-order valence-electron chi connectivity index (χ0n) is 13.8. The predicted octanol–water partition coefficient (Wildman–Crippen LogP) is 3.71. The number of nitrogens with zero attached hydrogens (tertiary/aromatic N) is 1. The van der Waals surface area contributed by atoms with Crippen molar-refractivity contribution in [1.29, 1.82) is 0 Å². The summed E-state index contributed by atoms with van der Waals surface area (Å²) < 4.78 is 5.52. The molecule has 1 fully saturated rings. The van der Waals surface area contributed by atoms with E-state index in [0.29, 0.717) is 6.54 Å². The minimum atomic E-state index is -0.474. The van der Waals surface area contributed by atoms with Gasteiger partial charge in [-0.15, -0.1) is 0 Å². The summed E-state index contributed by atoms with van der Waals surface area (Å²) in [6.45, 7) is 6.36. The average molecular weight is 302 g/mol. The van der Waals surface area contributed by atoms with Crippen LogP contribution in [0.2, 0.25) is 0 Å². The summed E-state index contributed by atoms with van der Waals surface area (Å²) in [5, 5.41) is 0. The summed E-state index contributed by atoms with van der Waals surface area (Å²) in [5.41, 5.74) is 9.39. The molecule has 4 nitrogen and oxygen atoms in total. The number of ether oxygens (including phenoxy) is 1. The van der Waals surface area contributed by atoms with Crippen LogP contribution in [0.5, 0.6) is 0 Å². The maximum Gasteiger partial charge on any atom is 0.414 e. The molecule has 1 aromatic rings. The molecule has 3 rings (SSSR count). The maximum absolute atomic E-state index is 12.4. The molecule has 0 radical (unpaired) electrons. The van der Waals surface area contributed by atoms with E-state index in [2.05, 4.69) is 6.07 Å². The minimum Gasteiger partial charge on any atom is -0.443 e. The molecule has 1 aromatic carbocycles. The van der Waals surface area contributed by atoms with Gasteiger partial charge >= 0.3 is 6.09 Å². The Hall–Kier alpha value is -1.55. The van der Waals surface area contributed by atoms with Crippen molar-refractivity contribution in [3.63, 3.8) is 0 Å². The zero-order chi connectivity index (χ0) is 16.0. The molecule has 2 aliphatic rings. The summed E-state index contributed by atoms with van der Waals surface area (Å²) in [7, 11) is 0. The normalized spacial score (nSPS) is 20.1. The SMILES string of the molecule is CC(C)(C)OC(=O)N1CCc2c1cccc2C1(N)CCCC1. The average Bonchev–Trinajstić information content (AvgIpc) is 3.03. The van der Waals surface area contributed by atoms with Crippen molar-refractivity contribution >= 4 is 11.8 Å². The van der Waals surface area contributed by atoms with E-state index in [9.17, 15) is 4.79 Å². The Morgan fingerprint density at radius 2 is 1.95 bits per heavy atom. The highest BCUT2D eigenvalue weighted by Crippen LogP contribution is 2.42. The Kier molecular flexibility index (Phi) is 3.68. The molecule has 4 heteroatoms. The van der Waals surface area contributed by atoms with Gasteiger partial charge in [0.05, 0.1) is 5.69 Å². The summed E-state index contributed by atoms with van der Waals surface area (Å²) >= 11 is 0. The highest BCUT2D eigenvalue weighted by atomic mass is 16.6.